The maximum absolute atomic E-state index is 3.46. The van der Waals surface area contributed by atoms with Crippen LogP contribution in [-0.4, -0.2) is 14.1 Å². The van der Waals surface area contributed by atoms with Crippen LogP contribution in [0.15, 0.2) is 0 Å². The molecule has 0 aliphatic carbocycles. The van der Waals surface area contributed by atoms with Crippen molar-refractivity contribution in [3.8, 4) is 0 Å². The normalized spacial score (nSPS) is 10.9. The first-order valence-corrected chi connectivity index (χ1v) is 5.56. The van der Waals surface area contributed by atoms with Crippen molar-refractivity contribution in [3.63, 3.8) is 0 Å². The Hall–Kier alpha value is -1.05. The van der Waals surface area contributed by atoms with Gasteiger partial charge in [0.15, 0.2) is 11.4 Å². The monoisotopic (exact) mass is 207 g/mol. The van der Waals surface area contributed by atoms with Crippen molar-refractivity contribution >= 4 is 5.69 Å². The Kier molecular flexibility index (Phi) is 3.38. The van der Waals surface area contributed by atoms with Crippen LogP contribution in [-0.2, 0) is 0 Å². The maximum Gasteiger partial charge on any atom is 0.182 e. The fourth-order valence-electron chi connectivity index (χ4n) is 2.28. The molecule has 15 heavy (non-hydrogen) atoms. The number of anilines is 1. The first-order valence-electron chi connectivity index (χ1n) is 5.56. The predicted molar refractivity (Wildman–Crippen MR) is 65.6 cm³/mol. The fraction of sp³-hybridized carbons (Fsp3) is 0.615. The molecule has 0 aromatic carbocycles. The number of rotatable bonds is 2. The number of aryl methyl sites for hydroxylation is 2. The van der Waals surface area contributed by atoms with Crippen LogP contribution in [0.5, 0.6) is 0 Å². The maximum atomic E-state index is 3.46. The summed E-state index contributed by atoms with van der Waals surface area (Å²) in [6.45, 7) is 11.0. The van der Waals surface area contributed by atoms with Crippen LogP contribution < -0.4 is 9.88 Å². The van der Waals surface area contributed by atoms with Gasteiger partial charge in [-0.15, -0.1) is 0 Å². The van der Waals surface area contributed by atoms with Crippen molar-refractivity contribution in [2.24, 2.45) is 0 Å². The highest BCUT2D eigenvalue weighted by Gasteiger charge is 2.21. The molecule has 0 amide bonds. The topological polar surface area (TPSA) is 17.4 Å². The Labute approximate surface area is 93.3 Å². The Bertz CT molecular complexity index is 365. The van der Waals surface area contributed by atoms with E-state index in [2.05, 4.69) is 58.6 Å². The van der Waals surface area contributed by atoms with E-state index in [1.165, 1.54) is 28.2 Å². The Morgan fingerprint density at radius 3 is 1.93 bits per heavy atom. The fourth-order valence-corrected chi connectivity index (χ4v) is 2.28. The molecule has 0 aliphatic rings. The van der Waals surface area contributed by atoms with Gasteiger partial charge < -0.3 is 4.90 Å². The first kappa shape index (κ1) is 12.0. The van der Waals surface area contributed by atoms with Gasteiger partial charge in [-0.2, -0.15) is 0 Å². The molecule has 0 fully saturated rings. The molecule has 1 N–H and O–H groups in total. The quantitative estimate of drug-likeness (QED) is 0.728. The van der Waals surface area contributed by atoms with Crippen molar-refractivity contribution < 1.29 is 4.98 Å². The summed E-state index contributed by atoms with van der Waals surface area (Å²) in [6, 6.07) is 0. The average Bonchev–Trinajstić information content (AvgIpc) is 2.09. The predicted octanol–water partition coefficient (Wildman–Crippen LogP) is 2.62. The third kappa shape index (κ3) is 2.14. The molecule has 1 heterocycles. The standard InChI is InChI=1S/C13H22N2/c1-8(2)12-11(5)14-10(4)9(3)13(12)15(6)7/h8H,1-7H3/p+1. The van der Waals surface area contributed by atoms with Crippen molar-refractivity contribution in [2.75, 3.05) is 19.0 Å². The second-order valence-corrected chi connectivity index (χ2v) is 4.81. The molecule has 84 valence electrons. The lowest BCUT2D eigenvalue weighted by Crippen LogP contribution is -2.23. The van der Waals surface area contributed by atoms with Crippen LogP contribution in [0, 0.1) is 20.8 Å². The van der Waals surface area contributed by atoms with Crippen LogP contribution >= 0.6 is 0 Å². The summed E-state index contributed by atoms with van der Waals surface area (Å²) in [7, 11) is 4.24. The highest BCUT2D eigenvalue weighted by atomic mass is 15.1. The van der Waals surface area contributed by atoms with Crippen LogP contribution in [0.2, 0.25) is 0 Å². The van der Waals surface area contributed by atoms with E-state index in [1.54, 1.807) is 0 Å². The third-order valence-electron chi connectivity index (χ3n) is 2.98. The summed E-state index contributed by atoms with van der Waals surface area (Å²) in [5.41, 5.74) is 6.72. The average molecular weight is 207 g/mol. The molecule has 2 heteroatoms. The summed E-state index contributed by atoms with van der Waals surface area (Å²) in [5.74, 6) is 0.554. The third-order valence-corrected chi connectivity index (χ3v) is 2.98. The highest BCUT2D eigenvalue weighted by Crippen LogP contribution is 2.31. The molecule has 0 radical (unpaired) electrons. The van der Waals surface area contributed by atoms with Gasteiger partial charge in [-0.25, -0.2) is 4.98 Å². The SMILES string of the molecule is Cc1[nH+]c(C)c(C(C)C)c(N(C)C)c1C. The lowest BCUT2D eigenvalue weighted by Gasteiger charge is -2.22. The lowest BCUT2D eigenvalue weighted by molar-refractivity contribution is -0.398. The molecule has 0 spiro atoms. The van der Waals surface area contributed by atoms with E-state index < -0.39 is 0 Å². The van der Waals surface area contributed by atoms with E-state index in [4.69, 9.17) is 0 Å². The Morgan fingerprint density at radius 2 is 1.53 bits per heavy atom. The van der Waals surface area contributed by atoms with Crippen LogP contribution in [0.25, 0.3) is 0 Å². The van der Waals surface area contributed by atoms with Gasteiger partial charge in [0.2, 0.25) is 0 Å². The molecule has 2 nitrogen and oxygen atoms in total. The molecule has 1 rings (SSSR count). The minimum atomic E-state index is 0.554. The lowest BCUT2D eigenvalue weighted by atomic mass is 9.95. The second kappa shape index (κ2) is 4.21. The minimum absolute atomic E-state index is 0.554. The minimum Gasteiger partial charge on any atom is -0.377 e. The summed E-state index contributed by atoms with van der Waals surface area (Å²) in [6.07, 6.45) is 0. The zero-order valence-electron chi connectivity index (χ0n) is 11.0. The number of aromatic nitrogens is 1. The molecule has 0 aliphatic heterocycles. The second-order valence-electron chi connectivity index (χ2n) is 4.81. The first-order chi connectivity index (χ1) is 6.86. The molecular formula is C13H23N2+. The van der Waals surface area contributed by atoms with E-state index in [0.717, 1.165) is 0 Å². The molecule has 0 bridgehead atoms. The smallest absolute Gasteiger partial charge is 0.182 e. The number of H-pyrrole nitrogens is 1. The summed E-state index contributed by atoms with van der Waals surface area (Å²) >= 11 is 0. The molecule has 0 saturated heterocycles. The van der Waals surface area contributed by atoms with E-state index in [0.29, 0.717) is 5.92 Å². The molecule has 1 aromatic rings. The zero-order chi connectivity index (χ0) is 11.7. The van der Waals surface area contributed by atoms with Crippen molar-refractivity contribution in [3.05, 3.63) is 22.5 Å². The number of nitrogens with zero attached hydrogens (tertiary/aromatic N) is 1. The summed E-state index contributed by atoms with van der Waals surface area (Å²) in [5, 5.41) is 0. The number of hydrogen-bond donors (Lipinski definition) is 0. The molecular weight excluding hydrogens is 184 g/mol. The summed E-state index contributed by atoms with van der Waals surface area (Å²) in [4.78, 5) is 5.68. The number of pyridine rings is 1. The van der Waals surface area contributed by atoms with Crippen molar-refractivity contribution in [2.45, 2.75) is 40.5 Å². The van der Waals surface area contributed by atoms with Gasteiger partial charge in [0.25, 0.3) is 0 Å². The van der Waals surface area contributed by atoms with Crippen molar-refractivity contribution in [1.29, 1.82) is 0 Å². The number of aromatic amines is 1. The molecule has 0 atom stereocenters. The van der Waals surface area contributed by atoms with E-state index >= 15 is 0 Å². The van der Waals surface area contributed by atoms with Crippen LogP contribution in [0.4, 0.5) is 5.69 Å². The molecule has 0 unspecified atom stereocenters. The molecule has 1 aromatic heterocycles. The number of nitrogens with one attached hydrogen (secondary N) is 1. The van der Waals surface area contributed by atoms with Gasteiger partial charge in [0.1, 0.15) is 0 Å². The van der Waals surface area contributed by atoms with E-state index in [1.807, 2.05) is 0 Å². The van der Waals surface area contributed by atoms with Crippen LogP contribution in [0.1, 0.15) is 42.3 Å². The number of hydrogen-bond acceptors (Lipinski definition) is 1. The Balaban J connectivity index is 3.54. The Morgan fingerprint density at radius 1 is 1.00 bits per heavy atom. The van der Waals surface area contributed by atoms with Gasteiger partial charge in [-0.3, -0.25) is 0 Å². The van der Waals surface area contributed by atoms with E-state index in [9.17, 15) is 0 Å². The van der Waals surface area contributed by atoms with E-state index in [-0.39, 0.29) is 0 Å². The highest BCUT2D eigenvalue weighted by molar-refractivity contribution is 5.60. The van der Waals surface area contributed by atoms with Crippen molar-refractivity contribution in [1.82, 2.24) is 0 Å². The largest absolute Gasteiger partial charge is 0.377 e. The van der Waals surface area contributed by atoms with Gasteiger partial charge in [0, 0.05) is 39.1 Å². The van der Waals surface area contributed by atoms with Crippen LogP contribution in [0.3, 0.4) is 0 Å². The van der Waals surface area contributed by atoms with Gasteiger partial charge in [-0.1, -0.05) is 13.8 Å². The van der Waals surface area contributed by atoms with Gasteiger partial charge >= 0.3 is 0 Å². The summed E-state index contributed by atoms with van der Waals surface area (Å²) < 4.78 is 0. The van der Waals surface area contributed by atoms with Gasteiger partial charge in [0.05, 0.1) is 5.69 Å². The zero-order valence-corrected chi connectivity index (χ0v) is 11.0. The van der Waals surface area contributed by atoms with Gasteiger partial charge in [-0.05, 0) is 12.8 Å². The molecule has 0 saturated carbocycles.